The van der Waals surface area contributed by atoms with Gasteiger partial charge in [0.15, 0.2) is 11.5 Å². The van der Waals surface area contributed by atoms with E-state index in [9.17, 15) is 19.6 Å². The third kappa shape index (κ3) is 26.3. The first-order chi connectivity index (χ1) is 48.6. The van der Waals surface area contributed by atoms with Crippen molar-refractivity contribution in [2.24, 2.45) is 10.2 Å². The van der Waals surface area contributed by atoms with Gasteiger partial charge in [-0.1, -0.05) is 143 Å². The number of ether oxygens (including phenoxy) is 5. The molecule has 0 saturated carbocycles. The van der Waals surface area contributed by atoms with E-state index in [1.165, 1.54) is 6.08 Å². The molecule has 6 aromatic carbocycles. The van der Waals surface area contributed by atoms with Crippen LogP contribution in [0.2, 0.25) is 0 Å². The van der Waals surface area contributed by atoms with Gasteiger partial charge in [0.1, 0.15) is 30.0 Å². The number of fused-ring (bicyclic) bond motifs is 2. The van der Waals surface area contributed by atoms with E-state index < -0.39 is 24.0 Å². The topological polar surface area (TPSA) is 221 Å². The van der Waals surface area contributed by atoms with E-state index in [-0.39, 0.29) is 19.6 Å². The zero-order valence-electron chi connectivity index (χ0n) is 56.8. The van der Waals surface area contributed by atoms with Crippen LogP contribution >= 0.6 is 22.7 Å². The third-order valence-electron chi connectivity index (χ3n) is 15.7. The van der Waals surface area contributed by atoms with Crippen molar-refractivity contribution in [3.63, 3.8) is 0 Å². The molecule has 1 unspecified atom stereocenters. The zero-order chi connectivity index (χ0) is 69.5. The molecule has 8 aromatic rings. The maximum absolute atomic E-state index is 13.5. The number of carbonyl (C=O) groups excluding carboxylic acids is 3. The Morgan fingerprint density at radius 1 is 0.525 bits per heavy atom. The van der Waals surface area contributed by atoms with Crippen molar-refractivity contribution in [3.05, 3.63) is 187 Å². The predicted molar refractivity (Wildman–Crippen MR) is 390 cm³/mol. The Bertz CT molecular complexity index is 3740. The Balaban J connectivity index is 0.890. The molecule has 0 aliphatic carbocycles. The Kier molecular flexibility index (Phi) is 33.2. The minimum Gasteiger partial charge on any atom is -0.494 e. The number of carbonyl (C=O) groups is 3. The van der Waals surface area contributed by atoms with Crippen molar-refractivity contribution in [3.8, 4) is 28.7 Å². The van der Waals surface area contributed by atoms with Crippen LogP contribution in [0.15, 0.2) is 169 Å². The molecule has 1 atom stereocenters. The van der Waals surface area contributed by atoms with Crippen LogP contribution in [0.3, 0.4) is 0 Å². The maximum Gasteiger partial charge on any atom is 0.330 e. The van der Waals surface area contributed by atoms with E-state index in [4.69, 9.17) is 68.3 Å². The van der Waals surface area contributed by atoms with Crippen molar-refractivity contribution in [1.82, 2.24) is 9.97 Å². The molecule has 2 aromatic heterocycles. The monoisotopic (exact) mass is 1390 g/mol. The van der Waals surface area contributed by atoms with Gasteiger partial charge in [-0.05, 0) is 173 Å². The summed E-state index contributed by atoms with van der Waals surface area (Å²) in [4.78, 5) is 74.5. The molecule has 0 radical (unpaired) electrons. The van der Waals surface area contributed by atoms with E-state index in [1.54, 1.807) is 71.5 Å². The summed E-state index contributed by atoms with van der Waals surface area (Å²) < 4.78 is 30.1. The molecule has 0 fully saturated rings. The summed E-state index contributed by atoms with van der Waals surface area (Å²) in [6, 6.07) is 41.4. The van der Waals surface area contributed by atoms with Crippen molar-refractivity contribution in [1.29, 1.82) is 0 Å². The second-order valence-electron chi connectivity index (χ2n) is 23.4. The lowest BCUT2D eigenvalue weighted by molar-refractivity contribution is -0.270. The molecular weight excluding hydrogens is 1300 g/mol. The fourth-order valence-corrected chi connectivity index (χ4v) is 12.2. The average molecular weight is 1390 g/mol. The Morgan fingerprint density at radius 2 is 1.03 bits per heavy atom. The number of rotatable bonds is 49. The quantitative estimate of drug-likeness (QED) is 0.00712. The Hall–Kier alpha value is -9.03. The number of hydrogen-bond donors (Lipinski definition) is 1. The number of hydrogen-bond acceptors (Lipinski definition) is 22. The highest BCUT2D eigenvalue weighted by Crippen LogP contribution is 2.35. The van der Waals surface area contributed by atoms with Crippen LogP contribution in [0.5, 0.6) is 28.7 Å². The van der Waals surface area contributed by atoms with Crippen LogP contribution in [0, 0.1) is 0 Å². The Labute approximate surface area is 588 Å². The SMILES string of the molecule is C=CC(=O)OCCCCCCOc1ccc(COOc2ccc(OC(=O)CCCCOOc3ccc(C(OO)c4ccc(OCCCCCCOC(=O)C=C)cc4)c(/C=N/N(CCCCCC)c4nc5ccccc5s4)c3)cc2/C=N/N(CCCCCC)c2nc3ccccc3s2)cc1. The minimum atomic E-state index is -0.915. The van der Waals surface area contributed by atoms with E-state index in [0.29, 0.717) is 97.6 Å². The van der Waals surface area contributed by atoms with Crippen molar-refractivity contribution in [2.75, 3.05) is 56.1 Å². The normalized spacial score (nSPS) is 11.7. The molecular formula is C77H92N6O14S2. The van der Waals surface area contributed by atoms with Gasteiger partial charge in [0, 0.05) is 42.8 Å². The number of benzene rings is 6. The van der Waals surface area contributed by atoms with E-state index in [2.05, 4.69) is 33.1 Å². The molecule has 0 aliphatic heterocycles. The second kappa shape index (κ2) is 43.4. The number of thiazole rings is 2. The molecule has 0 bridgehead atoms. The minimum absolute atomic E-state index is 0.101. The summed E-state index contributed by atoms with van der Waals surface area (Å²) in [6.45, 7) is 14.6. The first-order valence-electron chi connectivity index (χ1n) is 34.4. The first-order valence-corrected chi connectivity index (χ1v) is 36.0. The molecule has 0 saturated heterocycles. The summed E-state index contributed by atoms with van der Waals surface area (Å²) >= 11 is 3.14. The highest BCUT2D eigenvalue weighted by Gasteiger charge is 2.22. The number of esters is 3. The van der Waals surface area contributed by atoms with Crippen molar-refractivity contribution in [2.45, 2.75) is 149 Å². The lowest BCUT2D eigenvalue weighted by Gasteiger charge is -2.19. The summed E-state index contributed by atoms with van der Waals surface area (Å²) in [5.41, 5.74) is 5.05. The van der Waals surface area contributed by atoms with Crippen LogP contribution in [-0.2, 0) is 45.1 Å². The van der Waals surface area contributed by atoms with Crippen LogP contribution in [-0.4, -0.2) is 91.7 Å². The van der Waals surface area contributed by atoms with Gasteiger partial charge in [0.25, 0.3) is 0 Å². The van der Waals surface area contributed by atoms with Crippen LogP contribution in [0.25, 0.3) is 20.4 Å². The van der Waals surface area contributed by atoms with Crippen LogP contribution in [0.1, 0.15) is 170 Å². The van der Waals surface area contributed by atoms with E-state index >= 15 is 0 Å². The summed E-state index contributed by atoms with van der Waals surface area (Å²) in [5.74, 6) is 1.21. The molecule has 0 spiro atoms. The second-order valence-corrected chi connectivity index (χ2v) is 25.4. The van der Waals surface area contributed by atoms with Gasteiger partial charge in [0.2, 0.25) is 10.3 Å². The molecule has 526 valence electrons. The first kappa shape index (κ1) is 75.7. The van der Waals surface area contributed by atoms with Crippen molar-refractivity contribution >= 4 is 83.7 Å². The fourth-order valence-electron chi connectivity index (χ4n) is 10.3. The summed E-state index contributed by atoms with van der Waals surface area (Å²) in [7, 11) is 0. The van der Waals surface area contributed by atoms with Gasteiger partial charge in [-0.2, -0.15) is 20.0 Å². The maximum atomic E-state index is 13.5. The molecule has 1 N–H and O–H groups in total. The highest BCUT2D eigenvalue weighted by atomic mass is 32.1. The lowest BCUT2D eigenvalue weighted by Crippen LogP contribution is -2.18. The number of nitrogens with zero attached hydrogens (tertiary/aromatic N) is 6. The lowest BCUT2D eigenvalue weighted by atomic mass is 9.97. The number of anilines is 2. The largest absolute Gasteiger partial charge is 0.494 e. The smallest absolute Gasteiger partial charge is 0.330 e. The predicted octanol–water partition coefficient (Wildman–Crippen LogP) is 18.3. The molecule has 0 amide bonds. The molecule has 8 rings (SSSR count). The number of para-hydroxylation sites is 2. The molecule has 0 aliphatic rings. The third-order valence-corrected chi connectivity index (χ3v) is 17.8. The van der Waals surface area contributed by atoms with Gasteiger partial charge in [-0.3, -0.25) is 10.1 Å². The molecule has 2 heterocycles. The summed E-state index contributed by atoms with van der Waals surface area (Å²) in [5, 5.41) is 25.9. The average Bonchev–Trinajstić information content (AvgIpc) is 1.82. The molecule has 22 heteroatoms. The highest BCUT2D eigenvalue weighted by molar-refractivity contribution is 7.22. The van der Waals surface area contributed by atoms with Gasteiger partial charge in [0.05, 0.1) is 65.9 Å². The standard InChI is InChI=1S/C77H92N6O14S2/c1-5-9-11-22-46-82(76-80-67-29-17-19-31-70(67)98-76)78-55-60-53-65(42-44-66(60)75(95-87)59-36-40-63(41-37-59)89-49-25-14-16-27-51-91-73(85)8-4)96-92-52-28-21-33-74(86)94-64-43-45-69(97-93-57-58-34-38-62(39-35-58)88-48-24-13-15-26-50-90-72(84)7-3)61(54-64)56-79-83(47-23-12-10-6-2)77-81-68-30-18-20-32-71(68)99-77/h7-8,17-20,29-32,34-45,53-56,75,87H,3-6,9-16,21-28,33,46-52,57H2,1-2H3/b78-55+,79-56+. The Morgan fingerprint density at radius 3 is 1.59 bits per heavy atom. The summed E-state index contributed by atoms with van der Waals surface area (Å²) in [6.07, 6.45) is 21.1. The fraction of sp³-hybridized carbons (Fsp3) is 0.390. The number of unbranched alkanes of at least 4 members (excludes halogenated alkanes) is 13. The van der Waals surface area contributed by atoms with E-state index in [1.807, 2.05) is 101 Å². The van der Waals surface area contributed by atoms with Crippen LogP contribution in [0.4, 0.5) is 10.3 Å². The zero-order valence-corrected chi connectivity index (χ0v) is 58.5. The number of hydrazone groups is 2. The van der Waals surface area contributed by atoms with Gasteiger partial charge < -0.3 is 33.5 Å². The van der Waals surface area contributed by atoms with Gasteiger partial charge in [-0.15, -0.1) is 0 Å². The van der Waals surface area contributed by atoms with Crippen LogP contribution < -0.4 is 34.0 Å². The number of aromatic nitrogens is 2. The van der Waals surface area contributed by atoms with Gasteiger partial charge >= 0.3 is 17.9 Å². The van der Waals surface area contributed by atoms with E-state index in [0.717, 1.165) is 151 Å². The molecule has 20 nitrogen and oxygen atoms in total. The van der Waals surface area contributed by atoms with Crippen molar-refractivity contribution < 1.29 is 67.8 Å². The van der Waals surface area contributed by atoms with Gasteiger partial charge in [-0.25, -0.2) is 34.5 Å². The molecule has 99 heavy (non-hydrogen) atoms.